The van der Waals surface area contributed by atoms with Crippen LogP contribution in [0.1, 0.15) is 46.9 Å². The third-order valence-corrected chi connectivity index (χ3v) is 5.23. The van der Waals surface area contributed by atoms with Gasteiger partial charge in [-0.25, -0.2) is 17.6 Å². The molecule has 0 atom stereocenters. The number of rotatable bonds is 2. The molecule has 0 radical (unpaired) electrons. The van der Waals surface area contributed by atoms with Crippen molar-refractivity contribution in [2.24, 2.45) is 0 Å². The SMILES string of the molecule is FC1(F)CC=C(c2nnc(C3=CCC(F)(F)c4ccccc43)o2)c2ccccc21. The van der Waals surface area contributed by atoms with E-state index in [1.807, 2.05) is 0 Å². The summed E-state index contributed by atoms with van der Waals surface area (Å²) in [5, 5.41) is 8.03. The molecule has 5 rings (SSSR count). The van der Waals surface area contributed by atoms with Crippen LogP contribution in [0.25, 0.3) is 11.1 Å². The van der Waals surface area contributed by atoms with E-state index in [1.54, 1.807) is 36.4 Å². The topological polar surface area (TPSA) is 38.9 Å². The summed E-state index contributed by atoms with van der Waals surface area (Å²) in [6.45, 7) is 0. The van der Waals surface area contributed by atoms with Crippen molar-refractivity contribution in [2.75, 3.05) is 0 Å². The van der Waals surface area contributed by atoms with Gasteiger partial charge in [-0.2, -0.15) is 0 Å². The molecule has 3 aromatic rings. The molecule has 0 aliphatic heterocycles. The Labute approximate surface area is 163 Å². The van der Waals surface area contributed by atoms with Crippen LogP contribution in [0.4, 0.5) is 17.6 Å². The minimum atomic E-state index is -2.97. The maximum Gasteiger partial charge on any atom is 0.277 e. The highest BCUT2D eigenvalue weighted by Gasteiger charge is 2.39. The van der Waals surface area contributed by atoms with Crippen LogP contribution in [0.3, 0.4) is 0 Å². The molecule has 0 saturated heterocycles. The van der Waals surface area contributed by atoms with E-state index in [0.717, 1.165) is 0 Å². The van der Waals surface area contributed by atoms with E-state index < -0.39 is 24.7 Å². The molecule has 3 nitrogen and oxygen atoms in total. The summed E-state index contributed by atoms with van der Waals surface area (Å²) in [5.41, 5.74) is 1.28. The molecule has 0 amide bonds. The van der Waals surface area contributed by atoms with E-state index in [1.165, 1.54) is 24.3 Å². The third kappa shape index (κ3) is 2.80. The highest BCUT2D eigenvalue weighted by Crippen LogP contribution is 2.45. The van der Waals surface area contributed by atoms with Crippen molar-refractivity contribution in [2.45, 2.75) is 24.7 Å². The van der Waals surface area contributed by atoms with E-state index in [9.17, 15) is 17.6 Å². The van der Waals surface area contributed by atoms with Crippen molar-refractivity contribution >= 4 is 11.1 Å². The van der Waals surface area contributed by atoms with Crippen molar-refractivity contribution in [3.8, 4) is 0 Å². The van der Waals surface area contributed by atoms with Gasteiger partial charge in [-0.05, 0) is 11.1 Å². The first kappa shape index (κ1) is 17.8. The highest BCUT2D eigenvalue weighted by molar-refractivity contribution is 5.82. The molecular weight excluding hydrogens is 384 g/mol. The predicted molar refractivity (Wildman–Crippen MR) is 98.4 cm³/mol. The molecule has 2 aliphatic rings. The molecular formula is C22H14F4N2O. The molecule has 0 unspecified atom stereocenters. The van der Waals surface area contributed by atoms with Crippen molar-refractivity contribution in [3.63, 3.8) is 0 Å². The van der Waals surface area contributed by atoms with Crippen LogP contribution in [-0.4, -0.2) is 10.2 Å². The Balaban J connectivity index is 1.57. The molecule has 1 heterocycles. The van der Waals surface area contributed by atoms with Crippen LogP contribution in [0.2, 0.25) is 0 Å². The summed E-state index contributed by atoms with van der Waals surface area (Å²) in [7, 11) is 0. The Kier molecular flexibility index (Phi) is 3.78. The van der Waals surface area contributed by atoms with Gasteiger partial charge in [-0.3, -0.25) is 0 Å². The molecule has 0 bridgehead atoms. The zero-order chi connectivity index (χ0) is 20.2. The van der Waals surface area contributed by atoms with Gasteiger partial charge in [0, 0.05) is 35.1 Å². The Morgan fingerprint density at radius 3 is 1.52 bits per heavy atom. The lowest BCUT2D eigenvalue weighted by Gasteiger charge is -2.24. The van der Waals surface area contributed by atoms with Crippen LogP contribution in [0, 0.1) is 0 Å². The lowest BCUT2D eigenvalue weighted by molar-refractivity contribution is -0.00306. The van der Waals surface area contributed by atoms with Crippen LogP contribution in [0.5, 0.6) is 0 Å². The summed E-state index contributed by atoms with van der Waals surface area (Å²) in [6, 6.07) is 12.3. The molecule has 0 saturated carbocycles. The van der Waals surface area contributed by atoms with Crippen molar-refractivity contribution in [1.29, 1.82) is 0 Å². The van der Waals surface area contributed by atoms with Crippen LogP contribution in [-0.2, 0) is 11.8 Å². The van der Waals surface area contributed by atoms with Gasteiger partial charge >= 0.3 is 0 Å². The van der Waals surface area contributed by atoms with E-state index >= 15 is 0 Å². The molecule has 7 heteroatoms. The molecule has 0 spiro atoms. The molecule has 0 fully saturated rings. The first-order valence-electron chi connectivity index (χ1n) is 9.07. The van der Waals surface area contributed by atoms with Gasteiger partial charge < -0.3 is 4.42 Å². The maximum atomic E-state index is 14.2. The van der Waals surface area contributed by atoms with Gasteiger partial charge in [-0.15, -0.1) is 10.2 Å². The second-order valence-electron chi connectivity index (χ2n) is 7.06. The Bertz CT molecular complexity index is 1090. The Morgan fingerprint density at radius 1 is 0.655 bits per heavy atom. The quantitative estimate of drug-likeness (QED) is 0.503. The van der Waals surface area contributed by atoms with E-state index in [4.69, 9.17) is 4.42 Å². The number of hydrogen-bond donors (Lipinski definition) is 0. The van der Waals surface area contributed by atoms with Gasteiger partial charge in [0.25, 0.3) is 11.8 Å². The van der Waals surface area contributed by atoms with Gasteiger partial charge in [-0.1, -0.05) is 60.7 Å². The molecule has 0 N–H and O–H groups in total. The summed E-state index contributed by atoms with van der Waals surface area (Å²) < 4.78 is 62.7. The molecule has 1 aromatic heterocycles. The first-order valence-corrected chi connectivity index (χ1v) is 9.07. The van der Waals surface area contributed by atoms with Crippen LogP contribution in [0.15, 0.2) is 65.1 Å². The minimum Gasteiger partial charge on any atom is -0.416 e. The number of benzene rings is 2. The zero-order valence-corrected chi connectivity index (χ0v) is 15.0. The lowest BCUT2D eigenvalue weighted by atomic mass is 9.88. The largest absolute Gasteiger partial charge is 0.416 e. The lowest BCUT2D eigenvalue weighted by Crippen LogP contribution is -2.18. The standard InChI is InChI=1S/C22H14F4N2O/c23-21(24)11-9-15(13-5-1-3-7-17(13)21)19-27-28-20(29-19)16-10-12-22(25,26)18-8-4-2-6-14(16)18/h1-10H,11-12H2. The monoisotopic (exact) mass is 398 g/mol. The zero-order valence-electron chi connectivity index (χ0n) is 15.0. The smallest absolute Gasteiger partial charge is 0.277 e. The van der Waals surface area contributed by atoms with E-state index in [-0.39, 0.29) is 22.9 Å². The first-order chi connectivity index (χ1) is 13.9. The Morgan fingerprint density at radius 2 is 1.07 bits per heavy atom. The van der Waals surface area contributed by atoms with Gasteiger partial charge in [0.2, 0.25) is 11.8 Å². The number of hydrogen-bond acceptors (Lipinski definition) is 3. The van der Waals surface area contributed by atoms with Gasteiger partial charge in [0.05, 0.1) is 0 Å². The molecule has 146 valence electrons. The fourth-order valence-corrected chi connectivity index (χ4v) is 3.82. The average Bonchev–Trinajstić information content (AvgIpc) is 3.18. The minimum absolute atomic E-state index is 0.0821. The second kappa shape index (κ2) is 6.14. The number of alkyl halides is 4. The molecule has 2 aromatic carbocycles. The second-order valence-corrected chi connectivity index (χ2v) is 7.06. The number of allylic oxidation sites excluding steroid dienone is 2. The van der Waals surface area contributed by atoms with E-state index in [2.05, 4.69) is 10.2 Å². The summed E-state index contributed by atoms with van der Waals surface area (Å²) in [6.07, 6.45) is 1.79. The van der Waals surface area contributed by atoms with Crippen molar-refractivity contribution in [1.82, 2.24) is 10.2 Å². The maximum absolute atomic E-state index is 14.2. The number of halogens is 4. The Hall–Kier alpha value is -3.22. The van der Waals surface area contributed by atoms with Crippen molar-refractivity contribution < 1.29 is 22.0 Å². The van der Waals surface area contributed by atoms with Gasteiger partial charge in [0.15, 0.2) is 0 Å². The molecule has 29 heavy (non-hydrogen) atoms. The van der Waals surface area contributed by atoms with Crippen LogP contribution >= 0.6 is 0 Å². The molecule has 2 aliphatic carbocycles. The van der Waals surface area contributed by atoms with Crippen molar-refractivity contribution in [3.05, 3.63) is 94.7 Å². The highest BCUT2D eigenvalue weighted by atomic mass is 19.3. The number of nitrogens with zero attached hydrogens (tertiary/aromatic N) is 2. The predicted octanol–water partition coefficient (Wildman–Crippen LogP) is 5.92. The normalized spacial score (nSPS) is 19.0. The summed E-state index contributed by atoms with van der Waals surface area (Å²) in [4.78, 5) is 0. The summed E-state index contributed by atoms with van der Waals surface area (Å²) >= 11 is 0. The third-order valence-electron chi connectivity index (χ3n) is 5.23. The van der Waals surface area contributed by atoms with E-state index in [0.29, 0.717) is 22.3 Å². The van der Waals surface area contributed by atoms with Gasteiger partial charge in [0.1, 0.15) is 0 Å². The fourth-order valence-electron chi connectivity index (χ4n) is 3.82. The summed E-state index contributed by atoms with van der Waals surface area (Å²) in [5.74, 6) is -5.78. The number of fused-ring (bicyclic) bond motifs is 2. The average molecular weight is 398 g/mol. The van der Waals surface area contributed by atoms with Crippen LogP contribution < -0.4 is 0 Å². The fraction of sp³-hybridized carbons (Fsp3) is 0.182. The number of aromatic nitrogens is 2.